The van der Waals surface area contributed by atoms with Gasteiger partial charge in [0, 0.05) is 13.0 Å². The highest BCUT2D eigenvalue weighted by Gasteiger charge is 2.26. The maximum absolute atomic E-state index is 11.3. The Morgan fingerprint density at radius 2 is 2.00 bits per heavy atom. The summed E-state index contributed by atoms with van der Waals surface area (Å²) < 4.78 is 0. The van der Waals surface area contributed by atoms with Crippen LogP contribution >= 0.6 is 0 Å². The number of rotatable bonds is 9. The Morgan fingerprint density at radius 3 is 2.50 bits per heavy atom. The van der Waals surface area contributed by atoms with E-state index in [0.717, 1.165) is 5.56 Å². The molecule has 3 atom stereocenters. The molecule has 0 heterocycles. The van der Waals surface area contributed by atoms with Gasteiger partial charge in [-0.15, -0.1) is 0 Å². The van der Waals surface area contributed by atoms with Crippen molar-refractivity contribution in [3.8, 4) is 0 Å². The molecule has 0 aliphatic rings. The zero-order chi connectivity index (χ0) is 16.5. The smallest absolute Gasteiger partial charge is 0.320 e. The minimum Gasteiger partial charge on any atom is -0.600 e. The van der Waals surface area contributed by atoms with Gasteiger partial charge in [0.2, 0.25) is 0 Å². The molecule has 0 aliphatic heterocycles. The first-order chi connectivity index (χ1) is 10.4. The van der Waals surface area contributed by atoms with Gasteiger partial charge in [0.05, 0.1) is 6.54 Å². The van der Waals surface area contributed by atoms with Crippen molar-refractivity contribution in [1.82, 2.24) is 5.32 Å². The highest BCUT2D eigenvalue weighted by atomic mass is 16.8. The van der Waals surface area contributed by atoms with Crippen LogP contribution in [0.4, 0.5) is 0 Å². The summed E-state index contributed by atoms with van der Waals surface area (Å²) in [6.45, 7) is 0.168. The molecule has 9 heteroatoms. The van der Waals surface area contributed by atoms with Crippen molar-refractivity contribution in [2.45, 2.75) is 25.0 Å². The molecule has 0 aromatic heterocycles. The fraction of sp³-hybridized carbons (Fsp3) is 0.385. The van der Waals surface area contributed by atoms with E-state index in [1.807, 2.05) is 30.3 Å². The number of hydrogen-bond donors (Lipinski definition) is 6. The normalized spacial score (nSPS) is 14.8. The molecule has 0 saturated carbocycles. The van der Waals surface area contributed by atoms with Crippen molar-refractivity contribution < 1.29 is 20.3 Å². The first-order valence-electron chi connectivity index (χ1n) is 6.68. The molecule has 0 bridgehead atoms. The number of nitrogens with one attached hydrogen (secondary N) is 2. The van der Waals surface area contributed by atoms with Crippen molar-refractivity contribution >= 4 is 11.9 Å². The molecular formula is C13H21N5O4. The topological polar surface area (TPSA) is 161 Å². The summed E-state index contributed by atoms with van der Waals surface area (Å²) >= 11 is 0. The van der Waals surface area contributed by atoms with Gasteiger partial charge >= 0.3 is 5.97 Å². The van der Waals surface area contributed by atoms with Crippen LogP contribution in [0.2, 0.25) is 0 Å². The van der Waals surface area contributed by atoms with E-state index in [-0.39, 0.29) is 18.9 Å². The van der Waals surface area contributed by atoms with Crippen molar-refractivity contribution in [1.29, 1.82) is 0 Å². The Morgan fingerprint density at radius 1 is 1.36 bits per heavy atom. The third kappa shape index (κ3) is 6.50. The van der Waals surface area contributed by atoms with E-state index >= 15 is 0 Å². The van der Waals surface area contributed by atoms with E-state index in [1.165, 1.54) is 0 Å². The number of hydroxylamine groups is 2. The second-order valence-corrected chi connectivity index (χ2v) is 4.79. The van der Waals surface area contributed by atoms with Crippen molar-refractivity contribution in [2.75, 3.05) is 6.54 Å². The predicted octanol–water partition coefficient (Wildman–Crippen LogP) is -1.97. The second kappa shape index (κ2) is 8.95. The van der Waals surface area contributed by atoms with Crippen LogP contribution in [0, 0.1) is 5.21 Å². The first kappa shape index (κ1) is 17.9. The van der Waals surface area contributed by atoms with Gasteiger partial charge in [0.15, 0.2) is 5.96 Å². The molecule has 1 aromatic rings. The van der Waals surface area contributed by atoms with Gasteiger partial charge in [-0.3, -0.25) is 4.79 Å². The Hall–Kier alpha value is -2.20. The maximum atomic E-state index is 11.3. The molecule has 0 aliphatic carbocycles. The average Bonchev–Trinajstić information content (AvgIpc) is 2.46. The van der Waals surface area contributed by atoms with E-state index in [2.05, 4.69) is 10.3 Å². The minimum atomic E-state index is -1.14. The van der Waals surface area contributed by atoms with E-state index in [1.54, 1.807) is 0 Å². The lowest BCUT2D eigenvalue weighted by Gasteiger charge is -2.25. The van der Waals surface area contributed by atoms with Crippen LogP contribution in [0.3, 0.4) is 0 Å². The van der Waals surface area contributed by atoms with E-state index < -0.39 is 23.3 Å². The van der Waals surface area contributed by atoms with Gasteiger partial charge in [0.25, 0.3) is 0 Å². The van der Waals surface area contributed by atoms with Gasteiger partial charge in [-0.25, -0.2) is 15.4 Å². The van der Waals surface area contributed by atoms with Crippen LogP contribution in [0.15, 0.2) is 35.3 Å². The number of nitrogens with two attached hydrogens (primary N) is 2. The van der Waals surface area contributed by atoms with Gasteiger partial charge in [-0.2, -0.15) is 0 Å². The zero-order valence-electron chi connectivity index (χ0n) is 12.0. The van der Waals surface area contributed by atoms with Crippen molar-refractivity contribution in [2.24, 2.45) is 16.5 Å². The second-order valence-electron chi connectivity index (χ2n) is 4.79. The summed E-state index contributed by atoms with van der Waals surface area (Å²) in [6.07, 6.45) is -0.117. The highest BCUT2D eigenvalue weighted by Crippen LogP contribution is 2.02. The number of aliphatic imine (C=N–C) groups is 1. The van der Waals surface area contributed by atoms with E-state index in [0.29, 0.717) is 6.54 Å². The monoisotopic (exact) mass is 311 g/mol. The number of aliphatic carboxylic acids is 1. The fourth-order valence-corrected chi connectivity index (χ4v) is 1.86. The molecule has 9 nitrogen and oxygen atoms in total. The molecule has 22 heavy (non-hydrogen) atoms. The number of carbonyl (C=O) groups is 1. The average molecular weight is 311 g/mol. The van der Waals surface area contributed by atoms with E-state index in [9.17, 15) is 15.1 Å². The van der Waals surface area contributed by atoms with Crippen LogP contribution in [-0.4, -0.2) is 40.9 Å². The van der Waals surface area contributed by atoms with Crippen molar-refractivity contribution in [3.63, 3.8) is 0 Å². The van der Waals surface area contributed by atoms with Gasteiger partial charge in [-0.1, -0.05) is 30.3 Å². The molecule has 3 unspecified atom stereocenters. The lowest BCUT2D eigenvalue weighted by Crippen LogP contribution is -3.09. The quantitative estimate of drug-likeness (QED) is 0.175. The van der Waals surface area contributed by atoms with Crippen LogP contribution in [0.1, 0.15) is 12.0 Å². The molecule has 1 rings (SSSR count). The summed E-state index contributed by atoms with van der Waals surface area (Å²) in [5, 5.41) is 31.2. The molecule has 0 saturated heterocycles. The summed E-state index contributed by atoms with van der Waals surface area (Å²) in [5.74, 6) is -1.35. The lowest BCUT2D eigenvalue weighted by atomic mass is 10.1. The molecule has 0 radical (unpaired) electrons. The molecule has 1 aromatic carbocycles. The first-order valence-corrected chi connectivity index (χ1v) is 6.68. The Labute approximate surface area is 127 Å². The van der Waals surface area contributed by atoms with Crippen LogP contribution in [0.5, 0.6) is 0 Å². The van der Waals surface area contributed by atoms with E-state index in [4.69, 9.17) is 16.7 Å². The molecule has 122 valence electrons. The predicted molar refractivity (Wildman–Crippen MR) is 79.9 cm³/mol. The number of carboxylic acids is 1. The SMILES string of the molecule is NC(N)=NCC(CC(NCc1ccccc1)C(=O)O)[NH+]([O-])O. The Kier molecular flexibility index (Phi) is 7.26. The highest BCUT2D eigenvalue weighted by molar-refractivity contribution is 5.75. The van der Waals surface area contributed by atoms with Crippen molar-refractivity contribution in [3.05, 3.63) is 41.1 Å². The summed E-state index contributed by atoms with van der Waals surface area (Å²) in [7, 11) is 0. The van der Waals surface area contributed by atoms with Crippen LogP contribution in [0.25, 0.3) is 0 Å². The third-order valence-corrected chi connectivity index (χ3v) is 3.06. The minimum absolute atomic E-state index is 0.117. The number of guanidine groups is 1. The number of hydrogen-bond acceptors (Lipinski definition) is 5. The Balaban J connectivity index is 2.64. The summed E-state index contributed by atoms with van der Waals surface area (Å²) in [5.41, 5.74) is 11.2. The molecule has 0 fully saturated rings. The molecule has 0 spiro atoms. The fourth-order valence-electron chi connectivity index (χ4n) is 1.86. The number of carboxylic acid groups (broad SMARTS) is 1. The lowest BCUT2D eigenvalue weighted by molar-refractivity contribution is -1.07. The van der Waals surface area contributed by atoms with Gasteiger partial charge < -0.3 is 27.1 Å². The number of benzene rings is 1. The number of quaternary nitrogens is 1. The van der Waals surface area contributed by atoms with Gasteiger partial charge in [0.1, 0.15) is 12.1 Å². The van der Waals surface area contributed by atoms with Crippen LogP contribution < -0.4 is 22.0 Å². The Bertz CT molecular complexity index is 490. The number of nitrogens with zero attached hydrogens (tertiary/aromatic N) is 1. The van der Waals surface area contributed by atoms with Gasteiger partial charge in [-0.05, 0) is 5.56 Å². The largest absolute Gasteiger partial charge is 0.600 e. The summed E-state index contributed by atoms with van der Waals surface area (Å²) in [4.78, 5) is 14.9. The third-order valence-electron chi connectivity index (χ3n) is 3.06. The molecule has 8 N–H and O–H groups in total. The molecular weight excluding hydrogens is 290 g/mol. The zero-order valence-corrected chi connectivity index (χ0v) is 12.0. The molecule has 0 amide bonds. The summed E-state index contributed by atoms with van der Waals surface area (Å²) in [6, 6.07) is 7.24. The van der Waals surface area contributed by atoms with Crippen LogP contribution in [-0.2, 0) is 11.3 Å². The maximum Gasteiger partial charge on any atom is 0.320 e. The standard InChI is InChI=1S/C13H21N5O4/c14-13(15)17-8-10(18(21)22)6-11(12(19)20)16-7-9-4-2-1-3-5-9/h1-5,10-11,16,18,21H,6-8H2,(H,19,20)(H4,14,15,17).